The summed E-state index contributed by atoms with van der Waals surface area (Å²) in [6.07, 6.45) is 5.00. The fraction of sp³-hybridized carbons (Fsp3) is 0.818. The Kier molecular flexibility index (Phi) is 6.92. The van der Waals surface area contributed by atoms with Crippen LogP contribution in [0.1, 0.15) is 40.0 Å². The lowest BCUT2D eigenvalue weighted by molar-refractivity contribution is 0.151. The van der Waals surface area contributed by atoms with E-state index in [0.29, 0.717) is 12.5 Å². The second-order valence-electron chi connectivity index (χ2n) is 4.09. The molecule has 0 aliphatic heterocycles. The lowest BCUT2D eigenvalue weighted by atomic mass is 9.98. The van der Waals surface area contributed by atoms with Gasteiger partial charge in [-0.1, -0.05) is 18.6 Å². The summed E-state index contributed by atoms with van der Waals surface area (Å²) < 4.78 is 0. The van der Waals surface area contributed by atoms with Gasteiger partial charge in [0.1, 0.15) is 0 Å². The Morgan fingerprint density at radius 2 is 2.08 bits per heavy atom. The molecule has 0 aromatic carbocycles. The maximum absolute atomic E-state index is 9.30. The molecule has 0 fully saturated rings. The first-order chi connectivity index (χ1) is 6.06. The molecule has 0 saturated carbocycles. The Balaban J connectivity index is 3.51. The van der Waals surface area contributed by atoms with Gasteiger partial charge in [-0.05, 0) is 39.0 Å². The van der Waals surface area contributed by atoms with Crippen molar-refractivity contribution in [1.82, 2.24) is 0 Å². The Morgan fingerprint density at radius 3 is 2.54 bits per heavy atom. The first kappa shape index (κ1) is 12.7. The van der Waals surface area contributed by atoms with E-state index in [2.05, 4.69) is 26.8 Å². The van der Waals surface area contributed by atoms with E-state index in [0.717, 1.165) is 19.3 Å². The molecule has 0 bridgehead atoms. The second-order valence-corrected chi connectivity index (χ2v) is 4.09. The van der Waals surface area contributed by atoms with Crippen LogP contribution in [0.3, 0.4) is 0 Å². The summed E-state index contributed by atoms with van der Waals surface area (Å²) in [6, 6.07) is 0. The van der Waals surface area contributed by atoms with E-state index in [-0.39, 0.29) is 6.10 Å². The summed E-state index contributed by atoms with van der Waals surface area (Å²) in [4.78, 5) is 0. The number of aliphatic hydroxyl groups is 1. The minimum Gasteiger partial charge on any atom is -0.392 e. The Bertz CT molecular complexity index is 150. The average molecular weight is 185 g/mol. The van der Waals surface area contributed by atoms with E-state index < -0.39 is 0 Å². The molecule has 78 valence electrons. The maximum Gasteiger partial charge on any atom is 0.0665 e. The fourth-order valence-corrected chi connectivity index (χ4v) is 1.34. The SMILES string of the molecule is CC(C)=CCCC(C)CC(O)CN. The third-order valence-corrected chi connectivity index (χ3v) is 2.16. The van der Waals surface area contributed by atoms with Crippen LogP contribution in [-0.2, 0) is 0 Å². The number of nitrogens with two attached hydrogens (primary N) is 1. The summed E-state index contributed by atoms with van der Waals surface area (Å²) in [6.45, 7) is 6.77. The molecule has 2 nitrogen and oxygen atoms in total. The molecule has 2 unspecified atom stereocenters. The smallest absolute Gasteiger partial charge is 0.0665 e. The summed E-state index contributed by atoms with van der Waals surface area (Å²) in [7, 11) is 0. The van der Waals surface area contributed by atoms with Crippen LogP contribution < -0.4 is 5.73 Å². The molecule has 0 radical (unpaired) electrons. The molecule has 0 amide bonds. The lowest BCUT2D eigenvalue weighted by Crippen LogP contribution is -2.22. The van der Waals surface area contributed by atoms with Gasteiger partial charge < -0.3 is 10.8 Å². The Hall–Kier alpha value is -0.340. The minimum absolute atomic E-state index is 0.318. The van der Waals surface area contributed by atoms with Crippen molar-refractivity contribution in [2.75, 3.05) is 6.54 Å². The zero-order chi connectivity index (χ0) is 10.3. The quantitative estimate of drug-likeness (QED) is 0.622. The van der Waals surface area contributed by atoms with Gasteiger partial charge in [0.2, 0.25) is 0 Å². The molecule has 0 aliphatic rings. The van der Waals surface area contributed by atoms with Gasteiger partial charge in [0.25, 0.3) is 0 Å². The van der Waals surface area contributed by atoms with Gasteiger partial charge in [0.05, 0.1) is 6.10 Å². The van der Waals surface area contributed by atoms with Gasteiger partial charge in [-0.15, -0.1) is 0 Å². The summed E-state index contributed by atoms with van der Waals surface area (Å²) in [5, 5.41) is 9.30. The molecule has 0 spiro atoms. The molecule has 0 aromatic rings. The van der Waals surface area contributed by atoms with Crippen LogP contribution in [0, 0.1) is 5.92 Å². The Labute approximate surface area is 81.8 Å². The Morgan fingerprint density at radius 1 is 1.46 bits per heavy atom. The zero-order valence-corrected chi connectivity index (χ0v) is 9.09. The molecule has 3 N–H and O–H groups in total. The number of allylic oxidation sites excluding steroid dienone is 2. The molecule has 0 aliphatic carbocycles. The van der Waals surface area contributed by atoms with Gasteiger partial charge in [0.15, 0.2) is 0 Å². The molecular weight excluding hydrogens is 162 g/mol. The molecular formula is C11H23NO. The van der Waals surface area contributed by atoms with E-state index in [1.54, 1.807) is 0 Å². The van der Waals surface area contributed by atoms with E-state index >= 15 is 0 Å². The fourth-order valence-electron chi connectivity index (χ4n) is 1.34. The summed E-state index contributed by atoms with van der Waals surface area (Å²) >= 11 is 0. The topological polar surface area (TPSA) is 46.2 Å². The number of hydrogen-bond acceptors (Lipinski definition) is 2. The minimum atomic E-state index is -0.318. The average Bonchev–Trinajstić information content (AvgIpc) is 2.03. The third kappa shape index (κ3) is 8.00. The van der Waals surface area contributed by atoms with Crippen molar-refractivity contribution in [3.05, 3.63) is 11.6 Å². The molecule has 0 aromatic heterocycles. The van der Waals surface area contributed by atoms with Gasteiger partial charge >= 0.3 is 0 Å². The molecule has 2 atom stereocenters. The molecule has 13 heavy (non-hydrogen) atoms. The van der Waals surface area contributed by atoms with Crippen molar-refractivity contribution in [3.63, 3.8) is 0 Å². The number of hydrogen-bond donors (Lipinski definition) is 2. The van der Waals surface area contributed by atoms with Crippen molar-refractivity contribution in [2.24, 2.45) is 11.7 Å². The third-order valence-electron chi connectivity index (χ3n) is 2.16. The highest BCUT2D eigenvalue weighted by molar-refractivity contribution is 4.92. The van der Waals surface area contributed by atoms with E-state index in [1.807, 2.05) is 0 Å². The second kappa shape index (κ2) is 7.10. The summed E-state index contributed by atoms with van der Waals surface area (Å²) in [5.41, 5.74) is 6.70. The highest BCUT2D eigenvalue weighted by Crippen LogP contribution is 2.13. The lowest BCUT2D eigenvalue weighted by Gasteiger charge is -2.13. The van der Waals surface area contributed by atoms with E-state index in [4.69, 9.17) is 5.73 Å². The molecule has 0 heterocycles. The van der Waals surface area contributed by atoms with Crippen molar-refractivity contribution < 1.29 is 5.11 Å². The van der Waals surface area contributed by atoms with Crippen LogP contribution in [0.4, 0.5) is 0 Å². The monoisotopic (exact) mass is 185 g/mol. The van der Waals surface area contributed by atoms with Crippen LogP contribution in [0.25, 0.3) is 0 Å². The van der Waals surface area contributed by atoms with Crippen molar-refractivity contribution in [2.45, 2.75) is 46.1 Å². The molecule has 0 rings (SSSR count). The first-order valence-corrected chi connectivity index (χ1v) is 5.07. The predicted molar refractivity (Wildman–Crippen MR) is 57.5 cm³/mol. The first-order valence-electron chi connectivity index (χ1n) is 5.07. The highest BCUT2D eigenvalue weighted by atomic mass is 16.3. The maximum atomic E-state index is 9.30. The van der Waals surface area contributed by atoms with Crippen LogP contribution in [0.5, 0.6) is 0 Å². The van der Waals surface area contributed by atoms with Crippen LogP contribution in [0.15, 0.2) is 11.6 Å². The van der Waals surface area contributed by atoms with Crippen molar-refractivity contribution in [3.8, 4) is 0 Å². The van der Waals surface area contributed by atoms with Crippen LogP contribution in [-0.4, -0.2) is 17.8 Å². The van der Waals surface area contributed by atoms with Gasteiger partial charge in [0, 0.05) is 6.54 Å². The standard InChI is InChI=1S/C11H23NO/c1-9(2)5-4-6-10(3)7-11(13)8-12/h5,10-11,13H,4,6-8,12H2,1-3H3. The predicted octanol–water partition coefficient (Wildman–Crippen LogP) is 2.08. The van der Waals surface area contributed by atoms with Crippen molar-refractivity contribution in [1.29, 1.82) is 0 Å². The van der Waals surface area contributed by atoms with Gasteiger partial charge in [-0.3, -0.25) is 0 Å². The van der Waals surface area contributed by atoms with Gasteiger partial charge in [-0.2, -0.15) is 0 Å². The number of rotatable bonds is 6. The van der Waals surface area contributed by atoms with Crippen LogP contribution in [0.2, 0.25) is 0 Å². The van der Waals surface area contributed by atoms with Gasteiger partial charge in [-0.25, -0.2) is 0 Å². The largest absolute Gasteiger partial charge is 0.392 e. The highest BCUT2D eigenvalue weighted by Gasteiger charge is 2.07. The van der Waals surface area contributed by atoms with E-state index in [1.165, 1.54) is 5.57 Å². The van der Waals surface area contributed by atoms with Crippen LogP contribution >= 0.6 is 0 Å². The normalized spacial score (nSPS) is 15.2. The van der Waals surface area contributed by atoms with Crippen molar-refractivity contribution >= 4 is 0 Å². The number of aliphatic hydroxyl groups excluding tert-OH is 1. The molecule has 0 saturated heterocycles. The summed E-state index contributed by atoms with van der Waals surface area (Å²) in [5.74, 6) is 0.564. The zero-order valence-electron chi connectivity index (χ0n) is 9.09. The van der Waals surface area contributed by atoms with E-state index in [9.17, 15) is 5.11 Å². The molecule has 2 heteroatoms.